The topological polar surface area (TPSA) is 57.8 Å². The van der Waals surface area contributed by atoms with Crippen LogP contribution in [0.15, 0.2) is 66.7 Å². The van der Waals surface area contributed by atoms with Crippen molar-refractivity contribution in [1.29, 1.82) is 0 Å². The van der Waals surface area contributed by atoms with Crippen LogP contribution in [-0.4, -0.2) is 53.7 Å². The molecule has 2 aliphatic heterocycles. The number of carbonyl (C=O) groups excluding carboxylic acids is 1. The Kier molecular flexibility index (Phi) is 6.76. The Morgan fingerprint density at radius 3 is 2.39 bits per heavy atom. The van der Waals surface area contributed by atoms with Crippen LogP contribution < -0.4 is 9.47 Å². The van der Waals surface area contributed by atoms with Crippen LogP contribution in [-0.2, 0) is 6.42 Å². The summed E-state index contributed by atoms with van der Waals surface area (Å²) in [7, 11) is 2.15. The number of fused-ring (bicyclic) bond motifs is 3. The van der Waals surface area contributed by atoms with Crippen LogP contribution in [0.3, 0.4) is 0 Å². The van der Waals surface area contributed by atoms with E-state index >= 15 is 0 Å². The van der Waals surface area contributed by atoms with Gasteiger partial charge in [0.1, 0.15) is 23.6 Å². The van der Waals surface area contributed by atoms with Crippen molar-refractivity contribution < 1.29 is 14.3 Å². The molecule has 196 valence electrons. The number of rotatable bonds is 4. The number of hydrogen-bond donors (Lipinski definition) is 1. The minimum Gasteiger partial charge on any atom is -0.490 e. The van der Waals surface area contributed by atoms with Gasteiger partial charge in [0.25, 0.3) is 0 Å². The van der Waals surface area contributed by atoms with Crippen LogP contribution in [0, 0.1) is 6.92 Å². The third-order valence-electron chi connectivity index (χ3n) is 7.71. The fraction of sp³-hybridized carbons (Fsp3) is 0.323. The van der Waals surface area contributed by atoms with E-state index in [1.807, 2.05) is 66.4 Å². The second-order valence-electron chi connectivity index (χ2n) is 10.4. The molecule has 2 aliphatic rings. The molecule has 0 bridgehead atoms. The normalized spacial score (nSPS) is 18.4. The second kappa shape index (κ2) is 10.4. The lowest BCUT2D eigenvalue weighted by molar-refractivity contribution is 0.114. The number of carbonyl (C=O) groups is 1. The minimum absolute atomic E-state index is 0.234. The Morgan fingerprint density at radius 1 is 0.947 bits per heavy atom. The van der Waals surface area contributed by atoms with E-state index in [1.165, 1.54) is 5.56 Å². The van der Waals surface area contributed by atoms with Crippen molar-refractivity contribution in [2.75, 3.05) is 26.7 Å². The minimum atomic E-state index is -0.368. The molecule has 0 aliphatic carbocycles. The Morgan fingerprint density at radius 2 is 1.66 bits per heavy atom. The maximum Gasteiger partial charge on any atom is 0.416 e. The molecule has 1 saturated heterocycles. The number of amides is 1. The fourth-order valence-electron chi connectivity index (χ4n) is 5.59. The molecule has 0 spiro atoms. The third kappa shape index (κ3) is 4.98. The summed E-state index contributed by atoms with van der Waals surface area (Å²) in [4.78, 5) is 21.2. The lowest BCUT2D eigenvalue weighted by Crippen LogP contribution is -2.42. The number of benzene rings is 3. The molecule has 3 heterocycles. The monoisotopic (exact) mass is 529 g/mol. The zero-order chi connectivity index (χ0) is 26.2. The van der Waals surface area contributed by atoms with Gasteiger partial charge in [0.15, 0.2) is 0 Å². The zero-order valence-electron chi connectivity index (χ0n) is 21.7. The summed E-state index contributed by atoms with van der Waals surface area (Å²) in [5.41, 5.74) is 5.32. The number of aryl methyl sites for hydroxylation is 1. The number of piperidine rings is 1. The predicted octanol–water partition coefficient (Wildman–Crippen LogP) is 6.75. The third-order valence-corrected chi connectivity index (χ3v) is 7.95. The summed E-state index contributed by atoms with van der Waals surface area (Å²) in [6.45, 7) is 4.65. The lowest BCUT2D eigenvalue weighted by atomic mass is 9.92. The van der Waals surface area contributed by atoms with Crippen molar-refractivity contribution in [2.24, 2.45) is 0 Å². The van der Waals surface area contributed by atoms with E-state index in [0.29, 0.717) is 23.7 Å². The number of ether oxygens (including phenoxy) is 2. The van der Waals surface area contributed by atoms with Crippen molar-refractivity contribution in [3.63, 3.8) is 0 Å². The van der Waals surface area contributed by atoms with Crippen LogP contribution in [0.4, 0.5) is 4.79 Å². The molecule has 0 saturated carbocycles. The molecule has 1 atom stereocenters. The van der Waals surface area contributed by atoms with E-state index < -0.39 is 0 Å². The van der Waals surface area contributed by atoms with Crippen LogP contribution in [0.2, 0.25) is 5.02 Å². The second-order valence-corrected chi connectivity index (χ2v) is 10.9. The maximum absolute atomic E-state index is 13.5. The Balaban J connectivity index is 1.32. The average molecular weight is 530 g/mol. The average Bonchev–Trinajstić information content (AvgIpc) is 3.29. The van der Waals surface area contributed by atoms with E-state index in [0.717, 1.165) is 59.4 Å². The molecule has 1 amide bonds. The molecule has 1 aromatic heterocycles. The van der Waals surface area contributed by atoms with Gasteiger partial charge in [-0.3, -0.25) is 4.90 Å². The first kappa shape index (κ1) is 24.8. The molecular formula is C31H32ClN3O3. The predicted molar refractivity (Wildman–Crippen MR) is 150 cm³/mol. The molecule has 4 aromatic rings. The Hall–Kier alpha value is -3.48. The van der Waals surface area contributed by atoms with E-state index in [1.54, 1.807) is 0 Å². The lowest BCUT2D eigenvalue weighted by Gasteiger charge is -2.35. The Bertz CT molecular complexity index is 1440. The molecular weight excluding hydrogens is 498 g/mol. The van der Waals surface area contributed by atoms with Gasteiger partial charge in [0.05, 0.1) is 0 Å². The van der Waals surface area contributed by atoms with Crippen LogP contribution >= 0.6 is 11.6 Å². The highest BCUT2D eigenvalue weighted by atomic mass is 35.5. The summed E-state index contributed by atoms with van der Waals surface area (Å²) in [6, 6.07) is 21.3. The van der Waals surface area contributed by atoms with Gasteiger partial charge >= 0.3 is 6.09 Å². The van der Waals surface area contributed by atoms with Gasteiger partial charge in [0.2, 0.25) is 0 Å². The number of aromatic amines is 1. The number of aromatic nitrogens is 1. The summed E-state index contributed by atoms with van der Waals surface area (Å²) in [6.07, 6.45) is 2.64. The van der Waals surface area contributed by atoms with Crippen molar-refractivity contribution >= 4 is 28.6 Å². The highest BCUT2D eigenvalue weighted by molar-refractivity contribution is 6.31. The smallest absolute Gasteiger partial charge is 0.416 e. The van der Waals surface area contributed by atoms with Gasteiger partial charge < -0.3 is 19.4 Å². The summed E-state index contributed by atoms with van der Waals surface area (Å²) >= 11 is 6.34. The first-order valence-electron chi connectivity index (χ1n) is 13.2. The number of nitrogens with zero attached hydrogens (tertiary/aromatic N) is 2. The largest absolute Gasteiger partial charge is 0.490 e. The van der Waals surface area contributed by atoms with Gasteiger partial charge in [-0.05, 0) is 86.8 Å². The molecule has 0 radical (unpaired) electrons. The highest BCUT2D eigenvalue weighted by Crippen LogP contribution is 2.40. The fourth-order valence-corrected chi connectivity index (χ4v) is 5.77. The van der Waals surface area contributed by atoms with E-state index in [-0.39, 0.29) is 18.2 Å². The van der Waals surface area contributed by atoms with Crippen LogP contribution in [0.1, 0.15) is 41.3 Å². The van der Waals surface area contributed by atoms with Gasteiger partial charge in [0, 0.05) is 41.3 Å². The molecule has 6 rings (SSSR count). The molecule has 1 N–H and O–H groups in total. The molecule has 3 aromatic carbocycles. The van der Waals surface area contributed by atoms with Gasteiger partial charge in [-0.1, -0.05) is 41.4 Å². The number of hydrogen-bond acceptors (Lipinski definition) is 4. The van der Waals surface area contributed by atoms with Gasteiger partial charge in [-0.25, -0.2) is 4.79 Å². The first-order valence-corrected chi connectivity index (χ1v) is 13.6. The Labute approximate surface area is 228 Å². The van der Waals surface area contributed by atoms with E-state index in [4.69, 9.17) is 21.1 Å². The number of likely N-dealkylation sites (tertiary alicyclic amines) is 1. The molecule has 1 fully saturated rings. The SMILES string of the molecule is Cc1ccc(OC(=O)N2CCc3c([nH]c4ccc(Cl)cc34)[C@@H]2c2ccc(OC3CCN(C)CC3)cc2)cc1. The molecule has 0 unspecified atom stereocenters. The quantitative estimate of drug-likeness (QED) is 0.318. The standard InChI is InChI=1S/C31H32ClN3O3/c1-20-3-8-24(9-4-20)38-31(36)35-18-15-26-27-19-22(32)7-12-28(27)33-29(26)30(35)21-5-10-23(11-6-21)37-25-13-16-34(2)17-14-25/h3-12,19,25,30,33H,13-18H2,1-2H3/t30-/m0/s1. The van der Waals surface area contributed by atoms with Gasteiger partial charge in [-0.2, -0.15) is 0 Å². The number of halogens is 1. The van der Waals surface area contributed by atoms with Crippen molar-refractivity contribution in [3.05, 3.63) is 94.1 Å². The maximum atomic E-state index is 13.5. The summed E-state index contributed by atoms with van der Waals surface area (Å²) in [5.74, 6) is 1.40. The van der Waals surface area contributed by atoms with Gasteiger partial charge in [-0.15, -0.1) is 0 Å². The zero-order valence-corrected chi connectivity index (χ0v) is 22.5. The van der Waals surface area contributed by atoms with Crippen LogP contribution in [0.5, 0.6) is 11.5 Å². The molecule has 6 nitrogen and oxygen atoms in total. The van der Waals surface area contributed by atoms with Crippen molar-refractivity contribution in [2.45, 2.75) is 38.3 Å². The highest BCUT2D eigenvalue weighted by Gasteiger charge is 2.36. The number of nitrogens with one attached hydrogen (secondary N) is 1. The molecule has 7 heteroatoms. The number of H-pyrrole nitrogens is 1. The van der Waals surface area contributed by atoms with E-state index in [9.17, 15) is 4.79 Å². The van der Waals surface area contributed by atoms with E-state index in [2.05, 4.69) is 29.1 Å². The summed E-state index contributed by atoms with van der Waals surface area (Å²) in [5, 5.41) is 1.80. The van der Waals surface area contributed by atoms with Crippen molar-refractivity contribution in [3.8, 4) is 11.5 Å². The summed E-state index contributed by atoms with van der Waals surface area (Å²) < 4.78 is 12.1. The molecule has 38 heavy (non-hydrogen) atoms. The first-order chi connectivity index (χ1) is 18.4. The van der Waals surface area contributed by atoms with Crippen molar-refractivity contribution in [1.82, 2.24) is 14.8 Å². The van der Waals surface area contributed by atoms with Crippen LogP contribution in [0.25, 0.3) is 10.9 Å².